The molecule has 3 aromatic heterocycles. The smallest absolute Gasteiger partial charge is 0.249 e. The number of anilines is 4. The molecule has 1 aliphatic heterocycles. The Morgan fingerprint density at radius 2 is 1.75 bits per heavy atom. The molecule has 2 aliphatic rings. The molecule has 0 bridgehead atoms. The summed E-state index contributed by atoms with van der Waals surface area (Å²) < 4.78 is 28.5. The lowest BCUT2D eigenvalue weighted by atomic mass is 9.65. The third-order valence-corrected chi connectivity index (χ3v) is 6.91. The molecule has 1 spiro atoms. The van der Waals surface area contributed by atoms with E-state index in [9.17, 15) is 8.78 Å². The predicted octanol–water partition coefficient (Wildman–Crippen LogP) is 4.29. The fourth-order valence-corrected chi connectivity index (χ4v) is 5.17. The zero-order chi connectivity index (χ0) is 24.9. The van der Waals surface area contributed by atoms with Gasteiger partial charge in [0.05, 0.1) is 5.69 Å². The summed E-state index contributed by atoms with van der Waals surface area (Å²) in [6.07, 6.45) is 4.12. The van der Waals surface area contributed by atoms with Crippen molar-refractivity contribution < 1.29 is 8.78 Å². The second kappa shape index (κ2) is 8.21. The molecule has 3 N–H and O–H groups in total. The molecule has 184 valence electrons. The zero-order valence-corrected chi connectivity index (χ0v) is 19.7. The van der Waals surface area contributed by atoms with Gasteiger partial charge in [0.15, 0.2) is 5.82 Å². The molecule has 1 aliphatic carbocycles. The highest BCUT2D eigenvalue weighted by Crippen LogP contribution is 2.56. The molecule has 2 fully saturated rings. The molecular formula is C25H25F2N9. The van der Waals surface area contributed by atoms with Crippen LogP contribution < -0.4 is 16.0 Å². The van der Waals surface area contributed by atoms with E-state index in [0.29, 0.717) is 18.3 Å². The Labute approximate surface area is 206 Å². The van der Waals surface area contributed by atoms with Crippen molar-refractivity contribution in [3.63, 3.8) is 0 Å². The molecule has 0 amide bonds. The molecule has 6 rings (SSSR count). The van der Waals surface area contributed by atoms with Crippen LogP contribution in [-0.4, -0.2) is 48.7 Å². The van der Waals surface area contributed by atoms with Gasteiger partial charge in [-0.3, -0.25) is 0 Å². The number of pyridine rings is 1. The van der Waals surface area contributed by atoms with Gasteiger partial charge in [-0.25, -0.2) is 28.4 Å². The van der Waals surface area contributed by atoms with Crippen LogP contribution >= 0.6 is 0 Å². The SMILES string of the molecule is Cn1nc(-c2ccc(N3CCC4(C3)CC(F)(F)C4)nc2)nc1Nc1ccc(-c2ccnc(N)n2)cc1. The van der Waals surface area contributed by atoms with Crippen LogP contribution in [0.4, 0.5) is 32.2 Å². The lowest BCUT2D eigenvalue weighted by Gasteiger charge is -2.44. The molecule has 1 saturated heterocycles. The van der Waals surface area contributed by atoms with Crippen LogP contribution in [0.5, 0.6) is 0 Å². The van der Waals surface area contributed by atoms with Crippen molar-refractivity contribution in [1.82, 2.24) is 29.7 Å². The van der Waals surface area contributed by atoms with Crippen molar-refractivity contribution in [1.29, 1.82) is 0 Å². The zero-order valence-electron chi connectivity index (χ0n) is 19.7. The monoisotopic (exact) mass is 489 g/mol. The number of aryl methyl sites for hydroxylation is 1. The topological polar surface area (TPSA) is 111 Å². The van der Waals surface area contributed by atoms with Crippen LogP contribution in [0.25, 0.3) is 22.6 Å². The molecule has 1 saturated carbocycles. The van der Waals surface area contributed by atoms with Gasteiger partial charge in [0.2, 0.25) is 17.8 Å². The molecule has 1 aromatic carbocycles. The normalized spacial score (nSPS) is 17.8. The molecular weight excluding hydrogens is 464 g/mol. The number of nitrogen functional groups attached to an aromatic ring is 1. The Hall–Kier alpha value is -4.15. The molecule has 11 heteroatoms. The number of nitrogens with one attached hydrogen (secondary N) is 1. The number of hydrogen-bond acceptors (Lipinski definition) is 8. The van der Waals surface area contributed by atoms with E-state index in [-0.39, 0.29) is 24.2 Å². The minimum atomic E-state index is -2.50. The Morgan fingerprint density at radius 1 is 0.972 bits per heavy atom. The predicted molar refractivity (Wildman–Crippen MR) is 133 cm³/mol. The first-order chi connectivity index (χ1) is 17.3. The maximum absolute atomic E-state index is 13.4. The third-order valence-electron chi connectivity index (χ3n) is 6.91. The van der Waals surface area contributed by atoms with E-state index < -0.39 is 5.92 Å². The summed E-state index contributed by atoms with van der Waals surface area (Å²) in [6.45, 7) is 1.38. The van der Waals surface area contributed by atoms with Gasteiger partial charge >= 0.3 is 0 Å². The summed E-state index contributed by atoms with van der Waals surface area (Å²) in [4.78, 5) is 19.5. The maximum atomic E-state index is 13.4. The fraction of sp³-hybridized carbons (Fsp3) is 0.320. The molecule has 4 aromatic rings. The van der Waals surface area contributed by atoms with Crippen LogP contribution in [0.2, 0.25) is 0 Å². The van der Waals surface area contributed by atoms with E-state index in [1.807, 2.05) is 43.4 Å². The summed E-state index contributed by atoms with van der Waals surface area (Å²) in [7, 11) is 1.82. The van der Waals surface area contributed by atoms with Crippen molar-refractivity contribution in [3.05, 3.63) is 54.9 Å². The summed E-state index contributed by atoms with van der Waals surface area (Å²) in [5.41, 5.74) is 8.73. The molecule has 0 atom stereocenters. The van der Waals surface area contributed by atoms with Gasteiger partial charge in [-0.1, -0.05) is 12.1 Å². The number of benzene rings is 1. The highest BCUT2D eigenvalue weighted by atomic mass is 19.3. The Kier molecular flexibility index (Phi) is 5.09. The van der Waals surface area contributed by atoms with Gasteiger partial charge in [-0.05, 0) is 36.8 Å². The maximum Gasteiger partial charge on any atom is 0.249 e. The highest BCUT2D eigenvalue weighted by Gasteiger charge is 2.58. The first-order valence-electron chi connectivity index (χ1n) is 11.7. The van der Waals surface area contributed by atoms with Crippen molar-refractivity contribution in [2.24, 2.45) is 12.5 Å². The van der Waals surface area contributed by atoms with Crippen molar-refractivity contribution >= 4 is 23.4 Å². The van der Waals surface area contributed by atoms with Gasteiger partial charge in [0, 0.05) is 67.6 Å². The Bertz CT molecular complexity index is 1390. The summed E-state index contributed by atoms with van der Waals surface area (Å²) in [6, 6.07) is 13.4. The van der Waals surface area contributed by atoms with Gasteiger partial charge in [-0.15, -0.1) is 5.10 Å². The Morgan fingerprint density at radius 3 is 2.44 bits per heavy atom. The van der Waals surface area contributed by atoms with E-state index in [2.05, 4.69) is 35.3 Å². The first kappa shape index (κ1) is 22.3. The second-order valence-electron chi connectivity index (χ2n) is 9.67. The Balaban J connectivity index is 1.13. The number of hydrogen-bond donors (Lipinski definition) is 2. The molecule has 0 unspecified atom stereocenters. The number of nitrogens with zero attached hydrogens (tertiary/aromatic N) is 7. The van der Waals surface area contributed by atoms with Crippen LogP contribution in [0.15, 0.2) is 54.9 Å². The number of halogens is 2. The minimum absolute atomic E-state index is 0.0137. The van der Waals surface area contributed by atoms with Crippen LogP contribution in [-0.2, 0) is 7.05 Å². The van der Waals surface area contributed by atoms with Crippen LogP contribution in [0.1, 0.15) is 19.3 Å². The summed E-state index contributed by atoms with van der Waals surface area (Å²) in [5, 5.41) is 7.79. The molecule has 36 heavy (non-hydrogen) atoms. The quantitative estimate of drug-likeness (QED) is 0.427. The molecule has 0 radical (unpaired) electrons. The van der Waals surface area contributed by atoms with E-state index in [4.69, 9.17) is 5.73 Å². The number of nitrogens with two attached hydrogens (primary N) is 1. The fourth-order valence-electron chi connectivity index (χ4n) is 5.17. The molecule has 4 heterocycles. The molecule has 9 nitrogen and oxygen atoms in total. The first-order valence-corrected chi connectivity index (χ1v) is 11.7. The van der Waals surface area contributed by atoms with Gasteiger partial charge in [0.1, 0.15) is 5.82 Å². The third kappa shape index (κ3) is 4.21. The largest absolute Gasteiger partial charge is 0.368 e. The average Bonchev–Trinajstić information content (AvgIpc) is 3.43. The average molecular weight is 490 g/mol. The van der Waals surface area contributed by atoms with E-state index in [1.54, 1.807) is 23.1 Å². The summed E-state index contributed by atoms with van der Waals surface area (Å²) in [5.74, 6) is -0.345. The number of aromatic nitrogens is 6. The highest BCUT2D eigenvalue weighted by molar-refractivity contribution is 5.66. The lowest BCUT2D eigenvalue weighted by Crippen LogP contribution is -2.47. The number of alkyl halides is 2. The second-order valence-corrected chi connectivity index (χ2v) is 9.67. The van der Waals surface area contributed by atoms with Crippen molar-refractivity contribution in [2.75, 3.05) is 29.0 Å². The summed E-state index contributed by atoms with van der Waals surface area (Å²) >= 11 is 0. The van der Waals surface area contributed by atoms with Gasteiger partial charge in [0.25, 0.3) is 0 Å². The standard InChI is InChI=1S/C25H25F2N9/c1-35-23(31-18-5-2-16(3-6-18)19-8-10-29-22(28)32-19)33-21(34-35)17-4-7-20(30-12-17)36-11-9-24(15-36)13-25(26,27)14-24/h2-8,10,12H,9,11,13-15H2,1H3,(H2,28,29,32)(H,31,33,34). The van der Waals surface area contributed by atoms with Gasteiger partial charge in [-0.2, -0.15) is 4.98 Å². The van der Waals surface area contributed by atoms with E-state index in [1.165, 1.54) is 0 Å². The van der Waals surface area contributed by atoms with Crippen molar-refractivity contribution in [2.45, 2.75) is 25.2 Å². The van der Waals surface area contributed by atoms with Crippen LogP contribution in [0, 0.1) is 5.41 Å². The van der Waals surface area contributed by atoms with Gasteiger partial charge < -0.3 is 16.0 Å². The lowest BCUT2D eigenvalue weighted by molar-refractivity contribution is -0.152. The van der Waals surface area contributed by atoms with E-state index in [0.717, 1.165) is 41.3 Å². The van der Waals surface area contributed by atoms with Crippen molar-refractivity contribution in [3.8, 4) is 22.6 Å². The van der Waals surface area contributed by atoms with Crippen LogP contribution in [0.3, 0.4) is 0 Å². The number of rotatable bonds is 5. The van der Waals surface area contributed by atoms with E-state index >= 15 is 0 Å². The minimum Gasteiger partial charge on any atom is -0.368 e.